The SMILES string of the molecule is Cl.NC(=Nc1ccc(OC(F)(F)F)cc1)/N=C(/N)N1CC[C@@H](F)C1. The highest BCUT2D eigenvalue weighted by atomic mass is 35.5. The highest BCUT2D eigenvalue weighted by Gasteiger charge is 2.30. The maximum atomic E-state index is 13.1. The summed E-state index contributed by atoms with van der Waals surface area (Å²) in [7, 11) is 0. The fourth-order valence-electron chi connectivity index (χ4n) is 1.99. The summed E-state index contributed by atoms with van der Waals surface area (Å²) < 4.78 is 52.9. The van der Waals surface area contributed by atoms with E-state index in [-0.39, 0.29) is 42.3 Å². The third-order valence-electron chi connectivity index (χ3n) is 3.00. The van der Waals surface area contributed by atoms with Crippen LogP contribution in [0.4, 0.5) is 23.2 Å². The number of halogens is 5. The van der Waals surface area contributed by atoms with Crippen LogP contribution in [-0.2, 0) is 0 Å². The van der Waals surface area contributed by atoms with E-state index in [0.717, 1.165) is 12.1 Å². The summed E-state index contributed by atoms with van der Waals surface area (Å²) in [5.41, 5.74) is 11.6. The van der Waals surface area contributed by atoms with Gasteiger partial charge in [-0.1, -0.05) is 0 Å². The maximum Gasteiger partial charge on any atom is 0.573 e. The molecule has 1 aliphatic rings. The molecule has 0 spiro atoms. The quantitative estimate of drug-likeness (QED) is 0.475. The Balaban J connectivity index is 0.00000288. The van der Waals surface area contributed by atoms with Crippen molar-refractivity contribution in [3.05, 3.63) is 24.3 Å². The molecule has 0 amide bonds. The fourth-order valence-corrected chi connectivity index (χ4v) is 1.99. The van der Waals surface area contributed by atoms with Crippen LogP contribution in [0.2, 0.25) is 0 Å². The molecule has 4 N–H and O–H groups in total. The van der Waals surface area contributed by atoms with Gasteiger partial charge in [-0.2, -0.15) is 4.99 Å². The molecular weight excluding hydrogens is 354 g/mol. The summed E-state index contributed by atoms with van der Waals surface area (Å²) in [6, 6.07) is 4.77. The highest BCUT2D eigenvalue weighted by Crippen LogP contribution is 2.24. The number of hydrogen-bond acceptors (Lipinski definition) is 2. The van der Waals surface area contributed by atoms with Crippen LogP contribution in [0, 0.1) is 0 Å². The molecule has 1 aromatic carbocycles. The first-order chi connectivity index (χ1) is 10.7. The van der Waals surface area contributed by atoms with E-state index in [1.165, 1.54) is 17.0 Å². The summed E-state index contributed by atoms with van der Waals surface area (Å²) in [4.78, 5) is 9.27. The van der Waals surface area contributed by atoms with Crippen LogP contribution in [-0.4, -0.2) is 42.4 Å². The molecule has 0 aliphatic carbocycles. The van der Waals surface area contributed by atoms with E-state index >= 15 is 0 Å². The summed E-state index contributed by atoms with van der Waals surface area (Å²) in [5.74, 6) is -0.512. The predicted octanol–water partition coefficient (Wildman–Crippen LogP) is 2.31. The van der Waals surface area contributed by atoms with Crippen molar-refractivity contribution in [1.82, 2.24) is 4.90 Å². The molecule has 1 atom stereocenters. The molecule has 2 rings (SSSR count). The van der Waals surface area contributed by atoms with Crippen LogP contribution in [0.5, 0.6) is 5.75 Å². The number of benzene rings is 1. The number of hydrogen-bond donors (Lipinski definition) is 2. The summed E-state index contributed by atoms with van der Waals surface area (Å²) in [5, 5.41) is 0. The highest BCUT2D eigenvalue weighted by molar-refractivity contribution is 5.94. The largest absolute Gasteiger partial charge is 0.573 e. The van der Waals surface area contributed by atoms with Crippen molar-refractivity contribution in [2.24, 2.45) is 21.5 Å². The van der Waals surface area contributed by atoms with Crippen LogP contribution >= 0.6 is 12.4 Å². The van der Waals surface area contributed by atoms with Crippen LogP contribution in [0.25, 0.3) is 0 Å². The number of nitrogens with zero attached hydrogens (tertiary/aromatic N) is 3. The number of nitrogens with two attached hydrogens (primary N) is 2. The van der Waals surface area contributed by atoms with Crippen molar-refractivity contribution in [2.45, 2.75) is 19.0 Å². The van der Waals surface area contributed by atoms with Gasteiger partial charge in [0.15, 0.2) is 5.96 Å². The van der Waals surface area contributed by atoms with E-state index in [9.17, 15) is 17.6 Å². The van der Waals surface area contributed by atoms with Crippen molar-refractivity contribution in [3.63, 3.8) is 0 Å². The molecule has 1 saturated heterocycles. The standard InChI is InChI=1S/C13H15F4N5O.ClH/c14-8-5-6-22(7-8)12(19)21-11(18)20-9-1-3-10(4-2-9)23-13(15,16)17;/h1-4,8H,5-7H2,(H4,18,19,20,21);1H/t8-;/m1./s1. The number of alkyl halides is 4. The molecular formula is C13H16ClF4N5O. The van der Waals surface area contributed by atoms with E-state index in [2.05, 4.69) is 14.7 Å². The fraction of sp³-hybridized carbons (Fsp3) is 0.385. The molecule has 0 unspecified atom stereocenters. The number of rotatable bonds is 2. The lowest BCUT2D eigenvalue weighted by Gasteiger charge is -2.15. The predicted molar refractivity (Wildman–Crippen MR) is 84.4 cm³/mol. The van der Waals surface area contributed by atoms with E-state index in [4.69, 9.17) is 11.5 Å². The lowest BCUT2D eigenvalue weighted by Crippen LogP contribution is -2.37. The Hall–Kier alpha value is -2.23. The molecule has 1 aliphatic heterocycles. The Morgan fingerprint density at radius 3 is 2.33 bits per heavy atom. The molecule has 0 radical (unpaired) electrons. The minimum Gasteiger partial charge on any atom is -0.406 e. The molecule has 11 heteroatoms. The van der Waals surface area contributed by atoms with Crippen molar-refractivity contribution >= 4 is 30.0 Å². The third kappa shape index (κ3) is 6.11. The molecule has 6 nitrogen and oxygen atoms in total. The zero-order chi connectivity index (χ0) is 17.0. The van der Waals surface area contributed by atoms with Crippen LogP contribution in [0.3, 0.4) is 0 Å². The van der Waals surface area contributed by atoms with Gasteiger partial charge >= 0.3 is 6.36 Å². The number of guanidine groups is 2. The molecule has 1 aromatic rings. The minimum absolute atomic E-state index is 0. The van der Waals surface area contributed by atoms with Gasteiger partial charge in [-0.25, -0.2) is 9.38 Å². The van der Waals surface area contributed by atoms with Gasteiger partial charge in [0.25, 0.3) is 0 Å². The monoisotopic (exact) mass is 369 g/mol. The van der Waals surface area contributed by atoms with Crippen LogP contribution in [0.1, 0.15) is 6.42 Å². The molecule has 0 aromatic heterocycles. The second kappa shape index (κ2) is 8.04. The molecule has 24 heavy (non-hydrogen) atoms. The van der Waals surface area contributed by atoms with Gasteiger partial charge in [0, 0.05) is 6.54 Å². The van der Waals surface area contributed by atoms with Crippen LogP contribution in [0.15, 0.2) is 34.3 Å². The van der Waals surface area contributed by atoms with E-state index in [1.807, 2.05) is 0 Å². The molecule has 1 heterocycles. The minimum atomic E-state index is -4.76. The van der Waals surface area contributed by atoms with Gasteiger partial charge in [-0.05, 0) is 30.7 Å². The van der Waals surface area contributed by atoms with Gasteiger partial charge in [0.05, 0.1) is 12.2 Å². The van der Waals surface area contributed by atoms with Gasteiger partial charge in [-0.15, -0.1) is 25.6 Å². The normalized spacial score (nSPS) is 19.2. The Bertz CT molecular complexity index is 605. The zero-order valence-electron chi connectivity index (χ0n) is 12.3. The van der Waals surface area contributed by atoms with Gasteiger partial charge in [0.2, 0.25) is 5.96 Å². The Kier molecular flexibility index (Phi) is 6.64. The van der Waals surface area contributed by atoms with E-state index < -0.39 is 12.5 Å². The first-order valence-corrected chi connectivity index (χ1v) is 6.66. The van der Waals surface area contributed by atoms with Crippen molar-refractivity contribution in [1.29, 1.82) is 0 Å². The van der Waals surface area contributed by atoms with Gasteiger partial charge in [0.1, 0.15) is 11.9 Å². The molecule has 1 fully saturated rings. The second-order valence-electron chi connectivity index (χ2n) is 4.81. The lowest BCUT2D eigenvalue weighted by atomic mass is 10.3. The number of aliphatic imine (C=N–C) groups is 2. The van der Waals surface area contributed by atoms with Crippen molar-refractivity contribution in [2.75, 3.05) is 13.1 Å². The maximum absolute atomic E-state index is 13.1. The van der Waals surface area contributed by atoms with E-state index in [1.54, 1.807) is 0 Å². The summed E-state index contributed by atoms with van der Waals surface area (Å²) in [6.45, 7) is 0.583. The molecule has 0 bridgehead atoms. The Labute approximate surface area is 141 Å². The Morgan fingerprint density at radius 2 is 1.83 bits per heavy atom. The topological polar surface area (TPSA) is 89.2 Å². The lowest BCUT2D eigenvalue weighted by molar-refractivity contribution is -0.274. The zero-order valence-corrected chi connectivity index (χ0v) is 13.1. The third-order valence-corrected chi connectivity index (χ3v) is 3.00. The summed E-state index contributed by atoms with van der Waals surface area (Å²) in [6.07, 6.45) is -5.34. The molecule has 134 valence electrons. The number of ether oxygens (including phenoxy) is 1. The smallest absolute Gasteiger partial charge is 0.406 e. The summed E-state index contributed by atoms with van der Waals surface area (Å²) >= 11 is 0. The first-order valence-electron chi connectivity index (χ1n) is 6.66. The number of likely N-dealkylation sites (tertiary alicyclic amines) is 1. The second-order valence-corrected chi connectivity index (χ2v) is 4.81. The van der Waals surface area contributed by atoms with Crippen molar-refractivity contribution in [3.8, 4) is 5.75 Å². The van der Waals surface area contributed by atoms with Gasteiger partial charge < -0.3 is 21.1 Å². The average Bonchev–Trinajstić information content (AvgIpc) is 2.86. The first kappa shape index (κ1) is 19.8. The van der Waals surface area contributed by atoms with Crippen molar-refractivity contribution < 1.29 is 22.3 Å². The Morgan fingerprint density at radius 1 is 1.21 bits per heavy atom. The van der Waals surface area contributed by atoms with E-state index in [0.29, 0.717) is 13.0 Å². The van der Waals surface area contributed by atoms with Crippen LogP contribution < -0.4 is 16.2 Å². The molecule has 0 saturated carbocycles. The average molecular weight is 370 g/mol. The van der Waals surface area contributed by atoms with Gasteiger partial charge in [-0.3, -0.25) is 0 Å².